The lowest BCUT2D eigenvalue weighted by atomic mass is 10.4. The van der Waals surface area contributed by atoms with Crippen LogP contribution in [0.1, 0.15) is 11.6 Å². The van der Waals surface area contributed by atoms with Gasteiger partial charge in [0.05, 0.1) is 6.54 Å². The van der Waals surface area contributed by atoms with Crippen LogP contribution in [0.5, 0.6) is 0 Å². The van der Waals surface area contributed by atoms with Crippen molar-refractivity contribution in [3.8, 4) is 0 Å². The predicted octanol–water partition coefficient (Wildman–Crippen LogP) is 0.743. The van der Waals surface area contributed by atoms with Gasteiger partial charge in [0, 0.05) is 0 Å². The predicted molar refractivity (Wildman–Crippen MR) is 49.8 cm³/mol. The molecule has 13 heavy (non-hydrogen) atoms. The van der Waals surface area contributed by atoms with Gasteiger partial charge in [0.1, 0.15) is 16.5 Å². The minimum absolute atomic E-state index is 0.294. The molecule has 0 bridgehead atoms. The Kier molecular flexibility index (Phi) is 3.02. The minimum atomic E-state index is -0.896. The van der Waals surface area contributed by atoms with E-state index in [4.69, 9.17) is 5.11 Å². The number of rotatable bonds is 3. The van der Waals surface area contributed by atoms with Gasteiger partial charge in [-0.15, -0.1) is 0 Å². The van der Waals surface area contributed by atoms with Gasteiger partial charge in [0.2, 0.25) is 0 Å². The van der Waals surface area contributed by atoms with E-state index in [0.717, 1.165) is 5.82 Å². The van der Waals surface area contributed by atoms with E-state index in [1.165, 1.54) is 0 Å². The molecular formula is C7H10BrN3O2. The van der Waals surface area contributed by atoms with E-state index in [2.05, 4.69) is 26.0 Å². The largest absolute Gasteiger partial charge is 0.480 e. The second kappa shape index (κ2) is 3.87. The van der Waals surface area contributed by atoms with Gasteiger partial charge in [-0.3, -0.25) is 4.79 Å². The van der Waals surface area contributed by atoms with Crippen molar-refractivity contribution in [1.29, 1.82) is 0 Å². The topological polar surface area (TPSA) is 68.0 Å². The Morgan fingerprint density at radius 1 is 1.69 bits per heavy atom. The van der Waals surface area contributed by atoms with Gasteiger partial charge >= 0.3 is 5.97 Å². The first-order chi connectivity index (χ1) is 6.00. The van der Waals surface area contributed by atoms with Gasteiger partial charge in [-0.25, -0.2) is 9.67 Å². The van der Waals surface area contributed by atoms with Crippen LogP contribution in [0.2, 0.25) is 0 Å². The molecule has 0 saturated carbocycles. The minimum Gasteiger partial charge on any atom is -0.480 e. The van der Waals surface area contributed by atoms with Crippen molar-refractivity contribution < 1.29 is 9.90 Å². The number of alkyl halides is 1. The summed E-state index contributed by atoms with van der Waals surface area (Å²) < 4.78 is 1.57. The van der Waals surface area contributed by atoms with Gasteiger partial charge in [0.15, 0.2) is 0 Å². The third-order valence-corrected chi connectivity index (χ3v) is 2.24. The summed E-state index contributed by atoms with van der Waals surface area (Å²) in [4.78, 5) is 14.0. The average Bonchev–Trinajstić information content (AvgIpc) is 2.30. The number of carbonyl (C=O) groups is 1. The summed E-state index contributed by atoms with van der Waals surface area (Å²) in [5.74, 6) is 0.485. The zero-order chi connectivity index (χ0) is 10.0. The molecule has 1 rings (SSSR count). The molecule has 0 aliphatic carbocycles. The van der Waals surface area contributed by atoms with Crippen molar-refractivity contribution in [2.75, 3.05) is 0 Å². The van der Waals surface area contributed by atoms with Gasteiger partial charge in [-0.1, -0.05) is 15.9 Å². The summed E-state index contributed by atoms with van der Waals surface area (Å²) in [5, 5.41) is 12.7. The zero-order valence-electron chi connectivity index (χ0n) is 7.36. The Hall–Kier alpha value is -0.910. The van der Waals surface area contributed by atoms with Gasteiger partial charge in [-0.05, 0) is 13.8 Å². The number of aliphatic carboxylic acids is 1. The highest BCUT2D eigenvalue weighted by atomic mass is 79.9. The molecule has 6 heteroatoms. The number of hydrogen-bond donors (Lipinski definition) is 1. The van der Waals surface area contributed by atoms with Crippen molar-refractivity contribution >= 4 is 21.9 Å². The quantitative estimate of drug-likeness (QED) is 0.801. The molecule has 0 spiro atoms. The molecule has 0 aromatic carbocycles. The molecule has 0 saturated heterocycles. The number of carboxylic acids is 1. The summed E-state index contributed by atoms with van der Waals surface area (Å²) in [5.41, 5.74) is 0. The molecule has 1 aromatic rings. The molecule has 0 fully saturated rings. The number of halogens is 1. The van der Waals surface area contributed by atoms with E-state index >= 15 is 0 Å². The highest BCUT2D eigenvalue weighted by Crippen LogP contribution is 2.05. The second-order valence-electron chi connectivity index (χ2n) is 2.69. The summed E-state index contributed by atoms with van der Waals surface area (Å²) in [6.45, 7) is 3.86. The van der Waals surface area contributed by atoms with Gasteiger partial charge < -0.3 is 5.11 Å². The highest BCUT2D eigenvalue weighted by molar-refractivity contribution is 9.10. The Bertz CT molecular complexity index is 324. The van der Waals surface area contributed by atoms with Crippen molar-refractivity contribution in [1.82, 2.24) is 14.8 Å². The Morgan fingerprint density at radius 3 is 2.69 bits per heavy atom. The standard InChI is InChI=1S/C7H10BrN3O2/c1-4-9-5(2)11(10-4)3-6(8)7(12)13/h6H,3H2,1-2H3,(H,12,13). The first-order valence-electron chi connectivity index (χ1n) is 3.75. The van der Waals surface area contributed by atoms with Gasteiger partial charge in [-0.2, -0.15) is 5.10 Å². The number of aromatic nitrogens is 3. The normalized spacial score (nSPS) is 12.8. The van der Waals surface area contributed by atoms with E-state index in [1.807, 2.05) is 0 Å². The van der Waals surface area contributed by atoms with Crippen LogP contribution in [-0.4, -0.2) is 30.7 Å². The lowest BCUT2D eigenvalue weighted by molar-refractivity contribution is -0.136. The monoisotopic (exact) mass is 247 g/mol. The summed E-state index contributed by atoms with van der Waals surface area (Å²) >= 11 is 3.03. The van der Waals surface area contributed by atoms with Crippen molar-refractivity contribution in [2.24, 2.45) is 0 Å². The zero-order valence-corrected chi connectivity index (χ0v) is 8.95. The van der Waals surface area contributed by atoms with Crippen LogP contribution in [-0.2, 0) is 11.3 Å². The summed E-state index contributed by atoms with van der Waals surface area (Å²) in [7, 11) is 0. The lowest BCUT2D eigenvalue weighted by Crippen LogP contribution is -2.21. The fraction of sp³-hybridized carbons (Fsp3) is 0.571. The lowest BCUT2D eigenvalue weighted by Gasteiger charge is -2.04. The molecule has 1 N–H and O–H groups in total. The molecule has 0 aliphatic heterocycles. The highest BCUT2D eigenvalue weighted by Gasteiger charge is 2.15. The molecule has 0 radical (unpaired) electrons. The van der Waals surface area contributed by atoms with Crippen molar-refractivity contribution in [2.45, 2.75) is 25.2 Å². The first-order valence-corrected chi connectivity index (χ1v) is 4.67. The van der Waals surface area contributed by atoms with E-state index in [-0.39, 0.29) is 0 Å². The van der Waals surface area contributed by atoms with Crippen molar-refractivity contribution in [3.63, 3.8) is 0 Å². The van der Waals surface area contributed by atoms with Crippen LogP contribution in [0.3, 0.4) is 0 Å². The van der Waals surface area contributed by atoms with Crippen LogP contribution >= 0.6 is 15.9 Å². The van der Waals surface area contributed by atoms with E-state index in [1.54, 1.807) is 18.5 Å². The molecule has 0 amide bonds. The van der Waals surface area contributed by atoms with Crippen LogP contribution in [0.4, 0.5) is 0 Å². The molecule has 1 unspecified atom stereocenters. The number of aryl methyl sites for hydroxylation is 2. The Labute approximate surface area is 83.9 Å². The fourth-order valence-corrected chi connectivity index (χ4v) is 1.24. The number of carboxylic acid groups (broad SMARTS) is 1. The Morgan fingerprint density at radius 2 is 2.31 bits per heavy atom. The first kappa shape index (κ1) is 10.2. The van der Waals surface area contributed by atoms with E-state index < -0.39 is 10.8 Å². The molecule has 1 aromatic heterocycles. The third kappa shape index (κ3) is 2.51. The summed E-state index contributed by atoms with van der Waals surface area (Å²) in [6.07, 6.45) is 0. The average molecular weight is 248 g/mol. The smallest absolute Gasteiger partial charge is 0.319 e. The van der Waals surface area contributed by atoms with E-state index in [9.17, 15) is 4.79 Å². The van der Waals surface area contributed by atoms with Gasteiger partial charge in [0.25, 0.3) is 0 Å². The van der Waals surface area contributed by atoms with E-state index in [0.29, 0.717) is 12.4 Å². The summed E-state index contributed by atoms with van der Waals surface area (Å²) in [6, 6.07) is 0. The van der Waals surface area contributed by atoms with Crippen LogP contribution in [0.15, 0.2) is 0 Å². The van der Waals surface area contributed by atoms with Crippen LogP contribution < -0.4 is 0 Å². The second-order valence-corrected chi connectivity index (χ2v) is 3.80. The molecular weight excluding hydrogens is 238 g/mol. The SMILES string of the molecule is Cc1nc(C)n(CC(Br)C(=O)O)n1. The third-order valence-electron chi connectivity index (χ3n) is 1.56. The fourth-order valence-electron chi connectivity index (χ4n) is 0.964. The molecule has 72 valence electrons. The molecule has 5 nitrogen and oxygen atoms in total. The molecule has 1 atom stereocenters. The van der Waals surface area contributed by atoms with Crippen molar-refractivity contribution in [3.05, 3.63) is 11.6 Å². The maximum atomic E-state index is 10.5. The molecule has 0 aliphatic rings. The number of hydrogen-bond acceptors (Lipinski definition) is 3. The van der Waals surface area contributed by atoms with Crippen LogP contribution in [0, 0.1) is 13.8 Å². The maximum absolute atomic E-state index is 10.5. The van der Waals surface area contributed by atoms with Crippen LogP contribution in [0.25, 0.3) is 0 Å². The molecule has 1 heterocycles. The Balaban J connectivity index is 2.74. The maximum Gasteiger partial charge on any atom is 0.319 e. The number of nitrogens with zero attached hydrogens (tertiary/aromatic N) is 3.